The van der Waals surface area contributed by atoms with Crippen molar-refractivity contribution in [1.29, 1.82) is 0 Å². The minimum Gasteiger partial charge on any atom is -0.316 e. The average Bonchev–Trinajstić information content (AvgIpc) is 2.90. The van der Waals surface area contributed by atoms with Crippen molar-refractivity contribution in [2.24, 2.45) is 4.99 Å². The van der Waals surface area contributed by atoms with Gasteiger partial charge in [0, 0.05) is 21.0 Å². The van der Waals surface area contributed by atoms with Crippen molar-refractivity contribution in [2.75, 3.05) is 11.9 Å². The Bertz CT molecular complexity index is 814. The number of nitrogens with zero attached hydrogens (tertiary/aromatic N) is 1. The Morgan fingerprint density at radius 3 is 2.80 bits per heavy atom. The molecular formula is C19H20Cl2N2OS. The second kappa shape index (κ2) is 8.35. The van der Waals surface area contributed by atoms with Gasteiger partial charge in [0.25, 0.3) is 0 Å². The number of aryl methyl sites for hydroxylation is 1. The van der Waals surface area contributed by atoms with Gasteiger partial charge in [-0.15, -0.1) is 11.3 Å². The van der Waals surface area contributed by atoms with Crippen molar-refractivity contribution in [2.45, 2.75) is 39.0 Å². The fourth-order valence-electron chi connectivity index (χ4n) is 2.87. The quantitative estimate of drug-likeness (QED) is 0.602. The number of rotatable bonds is 6. The zero-order chi connectivity index (χ0) is 17.8. The van der Waals surface area contributed by atoms with Crippen LogP contribution in [0.4, 0.5) is 5.00 Å². The molecular weight excluding hydrogens is 375 g/mol. The number of aliphatic imine (C=N–C) groups is 1. The molecule has 0 atom stereocenters. The molecule has 3 nitrogen and oxygen atoms in total. The summed E-state index contributed by atoms with van der Waals surface area (Å²) in [4.78, 5) is 17.8. The highest BCUT2D eigenvalue weighted by Crippen LogP contribution is 2.35. The molecule has 2 aromatic rings. The first-order valence-electron chi connectivity index (χ1n) is 8.51. The molecule has 0 saturated carbocycles. The summed E-state index contributed by atoms with van der Waals surface area (Å²) in [5.41, 5.74) is 2.43. The van der Waals surface area contributed by atoms with Crippen LogP contribution in [-0.2, 0) is 11.2 Å². The summed E-state index contributed by atoms with van der Waals surface area (Å²) in [5.74, 6) is -0.103. The molecule has 1 aromatic carbocycles. The lowest BCUT2D eigenvalue weighted by atomic mass is 10.0. The maximum Gasteiger partial charge on any atom is 0.246 e. The number of unbranched alkanes of at least 4 members (excludes halogenated alkanes) is 3. The number of thiophene rings is 1. The number of hydrogen-bond donors (Lipinski definition) is 1. The Balaban J connectivity index is 1.94. The topological polar surface area (TPSA) is 41.5 Å². The van der Waals surface area contributed by atoms with Gasteiger partial charge < -0.3 is 5.32 Å². The molecule has 0 radical (unpaired) electrons. The van der Waals surface area contributed by atoms with Gasteiger partial charge in [-0.2, -0.15) is 0 Å². The van der Waals surface area contributed by atoms with E-state index in [1.54, 1.807) is 29.5 Å². The molecule has 0 unspecified atom stereocenters. The van der Waals surface area contributed by atoms with E-state index >= 15 is 0 Å². The third kappa shape index (κ3) is 4.43. The number of carbonyl (C=O) groups excluding carboxylic acids is 1. The van der Waals surface area contributed by atoms with E-state index in [0.29, 0.717) is 10.0 Å². The molecule has 0 spiro atoms. The molecule has 132 valence electrons. The molecule has 3 rings (SSSR count). The first-order chi connectivity index (χ1) is 12.1. The summed E-state index contributed by atoms with van der Waals surface area (Å²) in [6.07, 6.45) is 5.88. The van der Waals surface area contributed by atoms with Crippen molar-refractivity contribution in [1.82, 2.24) is 0 Å². The van der Waals surface area contributed by atoms with Gasteiger partial charge in [0.2, 0.25) is 5.91 Å². The minimum atomic E-state index is -0.103. The Hall–Kier alpha value is -1.36. The fourth-order valence-corrected chi connectivity index (χ4v) is 4.37. The first kappa shape index (κ1) is 18.4. The zero-order valence-corrected chi connectivity index (χ0v) is 16.4. The average molecular weight is 395 g/mol. The number of fused-ring (bicyclic) bond motifs is 1. The molecule has 1 amide bonds. The van der Waals surface area contributed by atoms with Crippen LogP contribution in [0.15, 0.2) is 29.3 Å². The number of amides is 1. The molecule has 0 bridgehead atoms. The summed E-state index contributed by atoms with van der Waals surface area (Å²) in [7, 11) is 0. The molecule has 1 aliphatic rings. The van der Waals surface area contributed by atoms with E-state index in [9.17, 15) is 4.79 Å². The largest absolute Gasteiger partial charge is 0.316 e. The summed E-state index contributed by atoms with van der Waals surface area (Å²) in [5, 5.41) is 5.00. The van der Waals surface area contributed by atoms with Crippen LogP contribution in [-0.4, -0.2) is 18.2 Å². The fraction of sp³-hybridized carbons (Fsp3) is 0.368. The van der Waals surface area contributed by atoms with Crippen molar-refractivity contribution in [3.63, 3.8) is 0 Å². The Morgan fingerprint density at radius 2 is 2.00 bits per heavy atom. The van der Waals surface area contributed by atoms with Crippen LogP contribution in [0.5, 0.6) is 0 Å². The molecule has 25 heavy (non-hydrogen) atoms. The maximum atomic E-state index is 12.0. The van der Waals surface area contributed by atoms with Gasteiger partial charge in [-0.05, 0) is 37.1 Å². The molecule has 1 aliphatic heterocycles. The first-order valence-corrected chi connectivity index (χ1v) is 10.1. The predicted octanol–water partition coefficient (Wildman–Crippen LogP) is 5.97. The third-order valence-electron chi connectivity index (χ3n) is 4.13. The molecule has 0 fully saturated rings. The van der Waals surface area contributed by atoms with Crippen molar-refractivity contribution in [3.05, 3.63) is 50.3 Å². The number of nitrogens with one attached hydrogen (secondary N) is 1. The molecule has 6 heteroatoms. The highest BCUT2D eigenvalue weighted by Gasteiger charge is 2.22. The van der Waals surface area contributed by atoms with Crippen LogP contribution >= 0.6 is 34.5 Å². The van der Waals surface area contributed by atoms with Gasteiger partial charge in [0.05, 0.1) is 10.7 Å². The molecule has 0 saturated heterocycles. The van der Waals surface area contributed by atoms with Crippen LogP contribution in [0.3, 0.4) is 0 Å². The van der Waals surface area contributed by atoms with Gasteiger partial charge >= 0.3 is 0 Å². The third-order valence-corrected chi connectivity index (χ3v) is 5.81. The lowest BCUT2D eigenvalue weighted by molar-refractivity contribution is -0.114. The Kier molecular flexibility index (Phi) is 6.15. The van der Waals surface area contributed by atoms with E-state index in [2.05, 4.69) is 23.3 Å². The van der Waals surface area contributed by atoms with Gasteiger partial charge in [-0.1, -0.05) is 49.4 Å². The van der Waals surface area contributed by atoms with Crippen LogP contribution in [0.2, 0.25) is 10.0 Å². The predicted molar refractivity (Wildman–Crippen MR) is 108 cm³/mol. The molecule has 1 N–H and O–H groups in total. The normalized spacial score (nSPS) is 13.9. The van der Waals surface area contributed by atoms with Gasteiger partial charge in [0.1, 0.15) is 11.5 Å². The molecule has 0 aliphatic carbocycles. The summed E-state index contributed by atoms with van der Waals surface area (Å²) >= 11 is 14.1. The number of carbonyl (C=O) groups is 1. The van der Waals surface area contributed by atoms with Crippen LogP contribution in [0.25, 0.3) is 0 Å². The van der Waals surface area contributed by atoms with Crippen LogP contribution in [0, 0.1) is 0 Å². The zero-order valence-electron chi connectivity index (χ0n) is 14.1. The van der Waals surface area contributed by atoms with Crippen molar-refractivity contribution in [3.8, 4) is 0 Å². The molecule has 2 heterocycles. The van der Waals surface area contributed by atoms with Gasteiger partial charge in [-0.25, -0.2) is 0 Å². The lowest BCUT2D eigenvalue weighted by Gasteiger charge is -2.08. The van der Waals surface area contributed by atoms with Gasteiger partial charge in [-0.3, -0.25) is 9.79 Å². The van der Waals surface area contributed by atoms with Crippen molar-refractivity contribution >= 4 is 51.2 Å². The van der Waals surface area contributed by atoms with E-state index < -0.39 is 0 Å². The lowest BCUT2D eigenvalue weighted by Crippen LogP contribution is -2.12. The minimum absolute atomic E-state index is 0.0887. The van der Waals surface area contributed by atoms with E-state index in [4.69, 9.17) is 23.2 Å². The number of anilines is 1. The maximum absolute atomic E-state index is 12.0. The second-order valence-corrected chi connectivity index (χ2v) is 8.08. The summed E-state index contributed by atoms with van der Waals surface area (Å²) < 4.78 is 0. The smallest absolute Gasteiger partial charge is 0.246 e. The van der Waals surface area contributed by atoms with E-state index in [-0.39, 0.29) is 12.5 Å². The van der Waals surface area contributed by atoms with Crippen LogP contribution < -0.4 is 5.32 Å². The summed E-state index contributed by atoms with van der Waals surface area (Å²) in [6, 6.07) is 7.45. The van der Waals surface area contributed by atoms with Gasteiger partial charge in [0.15, 0.2) is 0 Å². The standard InChI is InChI=1S/C19H20Cl2N2OS/c1-2-3-4-5-6-13-10-15-18(14-9-12(20)7-8-16(14)21)22-11-17(24)23-19(15)25-13/h7-10H,2-6,11H2,1H3,(H,23,24). The highest BCUT2D eigenvalue weighted by atomic mass is 35.5. The number of hydrogen-bond acceptors (Lipinski definition) is 3. The second-order valence-electron chi connectivity index (χ2n) is 6.10. The van der Waals surface area contributed by atoms with E-state index in [0.717, 1.165) is 34.7 Å². The Labute approximate surface area is 162 Å². The van der Waals surface area contributed by atoms with E-state index in [1.165, 1.54) is 24.1 Å². The van der Waals surface area contributed by atoms with Crippen LogP contribution in [0.1, 0.15) is 48.6 Å². The van der Waals surface area contributed by atoms with Crippen molar-refractivity contribution < 1.29 is 4.79 Å². The highest BCUT2D eigenvalue weighted by molar-refractivity contribution is 7.16. The SMILES string of the molecule is CCCCCCc1cc2c(s1)NC(=O)CN=C2c1cc(Cl)ccc1Cl. The summed E-state index contributed by atoms with van der Waals surface area (Å²) in [6.45, 7) is 2.30. The van der Waals surface area contributed by atoms with E-state index in [1.807, 2.05) is 0 Å². The molecule has 1 aromatic heterocycles. The number of benzene rings is 1. The Morgan fingerprint density at radius 1 is 1.16 bits per heavy atom. The number of halogens is 2. The monoisotopic (exact) mass is 394 g/mol.